The van der Waals surface area contributed by atoms with Gasteiger partial charge >= 0.3 is 0 Å². The van der Waals surface area contributed by atoms with E-state index in [0.29, 0.717) is 6.54 Å². The Balaban J connectivity index is 1.71. The summed E-state index contributed by atoms with van der Waals surface area (Å²) in [5.41, 5.74) is 0. The molecule has 0 unspecified atom stereocenters. The van der Waals surface area contributed by atoms with Gasteiger partial charge in [-0.1, -0.05) is 11.8 Å². The summed E-state index contributed by atoms with van der Waals surface area (Å²) in [5, 5.41) is 7.75. The van der Waals surface area contributed by atoms with Crippen molar-refractivity contribution in [3.05, 3.63) is 25.0 Å². The highest BCUT2D eigenvalue weighted by molar-refractivity contribution is 7.99. The highest BCUT2D eigenvalue weighted by Gasteiger charge is 2.14. The van der Waals surface area contributed by atoms with Gasteiger partial charge in [0.05, 0.1) is 0 Å². The van der Waals surface area contributed by atoms with Crippen LogP contribution in [0.15, 0.2) is 30.2 Å². The zero-order valence-electron chi connectivity index (χ0n) is 10.9. The SMILES string of the molecule is C[C@H](C(=O)NCCSc1nccn1C)n1cncn1. The molecule has 2 rings (SSSR count). The van der Waals surface area contributed by atoms with Gasteiger partial charge in [0, 0.05) is 31.7 Å². The number of imidazole rings is 1. The van der Waals surface area contributed by atoms with Crippen LogP contribution in [0.5, 0.6) is 0 Å². The summed E-state index contributed by atoms with van der Waals surface area (Å²) in [5.74, 6) is 0.714. The van der Waals surface area contributed by atoms with E-state index in [4.69, 9.17) is 0 Å². The van der Waals surface area contributed by atoms with E-state index >= 15 is 0 Å². The Labute approximate surface area is 115 Å². The Hall–Kier alpha value is -1.83. The van der Waals surface area contributed by atoms with Gasteiger partial charge in [-0.3, -0.25) is 4.79 Å². The Morgan fingerprint density at radius 2 is 2.42 bits per heavy atom. The maximum atomic E-state index is 11.8. The van der Waals surface area contributed by atoms with Crippen molar-refractivity contribution in [1.29, 1.82) is 0 Å². The number of hydrogen-bond acceptors (Lipinski definition) is 5. The quantitative estimate of drug-likeness (QED) is 0.615. The van der Waals surface area contributed by atoms with E-state index in [1.54, 1.807) is 24.9 Å². The minimum absolute atomic E-state index is 0.0639. The van der Waals surface area contributed by atoms with Crippen molar-refractivity contribution >= 4 is 17.7 Å². The minimum atomic E-state index is -0.347. The summed E-state index contributed by atoms with van der Waals surface area (Å²) >= 11 is 1.61. The van der Waals surface area contributed by atoms with Crippen molar-refractivity contribution in [2.45, 2.75) is 18.1 Å². The second-order valence-electron chi connectivity index (χ2n) is 4.01. The Kier molecular flexibility index (Phi) is 4.56. The number of aromatic nitrogens is 5. The maximum absolute atomic E-state index is 11.8. The number of hydrogen-bond donors (Lipinski definition) is 1. The number of carbonyl (C=O) groups is 1. The third-order valence-electron chi connectivity index (χ3n) is 2.62. The van der Waals surface area contributed by atoms with Gasteiger partial charge in [0.25, 0.3) is 0 Å². The first-order chi connectivity index (χ1) is 9.18. The van der Waals surface area contributed by atoms with Crippen LogP contribution in [0.25, 0.3) is 0 Å². The molecule has 0 saturated carbocycles. The first-order valence-electron chi connectivity index (χ1n) is 5.90. The lowest BCUT2D eigenvalue weighted by atomic mass is 10.3. The third-order valence-corrected chi connectivity index (χ3v) is 3.68. The van der Waals surface area contributed by atoms with Gasteiger partial charge in [-0.15, -0.1) is 0 Å². The highest BCUT2D eigenvalue weighted by Crippen LogP contribution is 2.13. The van der Waals surface area contributed by atoms with E-state index in [-0.39, 0.29) is 11.9 Å². The Morgan fingerprint density at radius 3 is 3.05 bits per heavy atom. The first-order valence-corrected chi connectivity index (χ1v) is 6.89. The Morgan fingerprint density at radius 1 is 1.58 bits per heavy atom. The number of carbonyl (C=O) groups excluding carboxylic acids is 1. The van der Waals surface area contributed by atoms with E-state index in [9.17, 15) is 4.79 Å². The van der Waals surface area contributed by atoms with Crippen LogP contribution < -0.4 is 5.32 Å². The van der Waals surface area contributed by atoms with Crippen LogP contribution in [0.3, 0.4) is 0 Å². The van der Waals surface area contributed by atoms with E-state index in [0.717, 1.165) is 10.9 Å². The van der Waals surface area contributed by atoms with E-state index in [1.165, 1.54) is 17.3 Å². The summed E-state index contributed by atoms with van der Waals surface area (Å²) in [6.45, 7) is 2.38. The lowest BCUT2D eigenvalue weighted by molar-refractivity contribution is -0.124. The Bertz CT molecular complexity index is 523. The standard InChI is InChI=1S/C11H16N6OS/c1-9(17-8-12-7-15-17)10(18)13-4-6-19-11-14-3-5-16(11)2/h3,5,7-9H,4,6H2,1-2H3,(H,13,18)/t9-/m1/s1. The normalized spacial score (nSPS) is 12.3. The molecule has 8 heteroatoms. The molecule has 102 valence electrons. The van der Waals surface area contributed by atoms with Gasteiger partial charge in [0.1, 0.15) is 18.7 Å². The molecule has 0 radical (unpaired) electrons. The number of thioether (sulfide) groups is 1. The van der Waals surface area contributed by atoms with Crippen LogP contribution in [0.2, 0.25) is 0 Å². The van der Waals surface area contributed by atoms with Gasteiger partial charge in [0.15, 0.2) is 5.16 Å². The van der Waals surface area contributed by atoms with Crippen LogP contribution in [0.4, 0.5) is 0 Å². The molecule has 0 bridgehead atoms. The molecule has 0 saturated heterocycles. The molecule has 1 atom stereocenters. The van der Waals surface area contributed by atoms with Crippen molar-refractivity contribution in [2.75, 3.05) is 12.3 Å². The molecule has 2 heterocycles. The second-order valence-corrected chi connectivity index (χ2v) is 5.07. The highest BCUT2D eigenvalue weighted by atomic mass is 32.2. The van der Waals surface area contributed by atoms with Gasteiger partial charge in [-0.25, -0.2) is 14.6 Å². The summed E-state index contributed by atoms with van der Waals surface area (Å²) in [6, 6.07) is -0.347. The predicted molar refractivity (Wildman–Crippen MR) is 71.7 cm³/mol. The molecule has 0 aliphatic rings. The fourth-order valence-electron chi connectivity index (χ4n) is 1.49. The number of aryl methyl sites for hydroxylation is 1. The van der Waals surface area contributed by atoms with E-state index < -0.39 is 0 Å². The van der Waals surface area contributed by atoms with Crippen molar-refractivity contribution in [2.24, 2.45) is 7.05 Å². The first kappa shape index (κ1) is 13.6. The predicted octanol–water partition coefficient (Wildman–Crippen LogP) is 0.481. The molecule has 1 amide bonds. The molecular formula is C11H16N6OS. The average Bonchev–Trinajstić information content (AvgIpc) is 3.05. The topological polar surface area (TPSA) is 77.6 Å². The van der Waals surface area contributed by atoms with Crippen LogP contribution in [0, 0.1) is 0 Å². The summed E-state index contributed by atoms with van der Waals surface area (Å²) in [6.07, 6.45) is 6.61. The van der Waals surface area contributed by atoms with E-state index in [2.05, 4.69) is 20.4 Å². The fraction of sp³-hybridized carbons (Fsp3) is 0.455. The molecule has 1 N–H and O–H groups in total. The fourth-order valence-corrected chi connectivity index (χ4v) is 2.28. The van der Waals surface area contributed by atoms with Gasteiger partial charge in [-0.05, 0) is 6.92 Å². The zero-order chi connectivity index (χ0) is 13.7. The summed E-state index contributed by atoms with van der Waals surface area (Å²) < 4.78 is 3.48. The molecule has 19 heavy (non-hydrogen) atoms. The van der Waals surface area contributed by atoms with Gasteiger partial charge < -0.3 is 9.88 Å². The number of amides is 1. The van der Waals surface area contributed by atoms with Crippen LogP contribution in [-0.4, -0.2) is 42.5 Å². The summed E-state index contributed by atoms with van der Waals surface area (Å²) in [7, 11) is 1.95. The molecule has 0 aliphatic heterocycles. The molecular weight excluding hydrogens is 264 g/mol. The minimum Gasteiger partial charge on any atom is -0.353 e. The molecule has 0 fully saturated rings. The molecule has 0 aliphatic carbocycles. The zero-order valence-corrected chi connectivity index (χ0v) is 11.7. The average molecular weight is 280 g/mol. The largest absolute Gasteiger partial charge is 0.353 e. The van der Waals surface area contributed by atoms with Crippen LogP contribution >= 0.6 is 11.8 Å². The smallest absolute Gasteiger partial charge is 0.244 e. The summed E-state index contributed by atoms with van der Waals surface area (Å²) in [4.78, 5) is 19.9. The van der Waals surface area contributed by atoms with Crippen molar-refractivity contribution in [3.63, 3.8) is 0 Å². The van der Waals surface area contributed by atoms with Crippen LogP contribution in [0.1, 0.15) is 13.0 Å². The maximum Gasteiger partial charge on any atom is 0.244 e. The molecule has 0 spiro atoms. The van der Waals surface area contributed by atoms with Crippen LogP contribution in [-0.2, 0) is 11.8 Å². The van der Waals surface area contributed by atoms with Gasteiger partial charge in [-0.2, -0.15) is 5.10 Å². The molecule has 2 aromatic heterocycles. The monoisotopic (exact) mass is 280 g/mol. The molecule has 0 aromatic carbocycles. The lowest BCUT2D eigenvalue weighted by Crippen LogP contribution is -2.32. The number of rotatable bonds is 6. The number of nitrogens with zero attached hydrogens (tertiary/aromatic N) is 5. The van der Waals surface area contributed by atoms with E-state index in [1.807, 2.05) is 17.8 Å². The third kappa shape index (κ3) is 3.57. The van der Waals surface area contributed by atoms with Crippen molar-refractivity contribution in [1.82, 2.24) is 29.6 Å². The second kappa shape index (κ2) is 6.37. The van der Waals surface area contributed by atoms with Crippen molar-refractivity contribution < 1.29 is 4.79 Å². The number of nitrogens with one attached hydrogen (secondary N) is 1. The van der Waals surface area contributed by atoms with Crippen molar-refractivity contribution in [3.8, 4) is 0 Å². The van der Waals surface area contributed by atoms with Gasteiger partial charge in [0.2, 0.25) is 5.91 Å². The lowest BCUT2D eigenvalue weighted by Gasteiger charge is -2.11. The molecule has 7 nitrogen and oxygen atoms in total. The molecule has 2 aromatic rings.